The van der Waals surface area contributed by atoms with Crippen LogP contribution in [0.15, 0.2) is 0 Å². The molecule has 0 unspecified atom stereocenters. The Morgan fingerprint density at radius 1 is 0.909 bits per heavy atom. The van der Waals surface area contributed by atoms with Crippen LogP contribution in [0.5, 0.6) is 0 Å². The van der Waals surface area contributed by atoms with E-state index in [0.717, 1.165) is 0 Å². The summed E-state index contributed by atoms with van der Waals surface area (Å²) in [7, 11) is 0. The van der Waals surface area contributed by atoms with Crippen LogP contribution in [0, 0.1) is 0 Å². The Hall–Kier alpha value is 0.554. The Morgan fingerprint density at radius 3 is 1.64 bits per heavy atom. The van der Waals surface area contributed by atoms with E-state index < -0.39 is 12.2 Å². The van der Waals surface area contributed by atoms with Gasteiger partial charge in [-0.25, -0.2) is 0 Å². The summed E-state index contributed by atoms with van der Waals surface area (Å²) in [6, 6.07) is 0. The fourth-order valence-electron chi connectivity index (χ4n) is 1.46. The average Bonchev–Trinajstić information content (AvgIpc) is 2.41. The van der Waals surface area contributed by atoms with Gasteiger partial charge in [0.15, 0.2) is 0 Å². The molecule has 2 rings (SSSR count). The molecule has 2 N–H and O–H groups in total. The van der Waals surface area contributed by atoms with Crippen molar-refractivity contribution in [3.8, 4) is 0 Å². The van der Waals surface area contributed by atoms with Gasteiger partial charge in [0.05, 0.1) is 13.2 Å². The summed E-state index contributed by atoms with van der Waals surface area (Å²) >= 11 is 0. The van der Waals surface area contributed by atoms with Gasteiger partial charge in [-0.15, -0.1) is 0 Å². The summed E-state index contributed by atoms with van der Waals surface area (Å²) < 4.78 is 10.2. The largest absolute Gasteiger partial charge is 0.388 e. The quantitative estimate of drug-likeness (QED) is 0.461. The Labute approximate surface area is 79.4 Å². The second kappa shape index (κ2) is 3.52. The van der Waals surface area contributed by atoms with Gasteiger partial charge in [0.1, 0.15) is 24.4 Å². The fraction of sp³-hybridized carbons (Fsp3) is 1.00. The summed E-state index contributed by atoms with van der Waals surface area (Å²) in [6.45, 7) is 0.568. The number of fused-ring (bicyclic) bond motifs is 1. The molecule has 0 aromatic carbocycles. The Bertz CT molecular complexity index is 127. The Balaban J connectivity index is 0.000000605. The summed E-state index contributed by atoms with van der Waals surface area (Å²) in [4.78, 5) is 0. The van der Waals surface area contributed by atoms with Gasteiger partial charge >= 0.3 is 0 Å². The molecular formula is C6H10O4Ti. The van der Waals surface area contributed by atoms with Crippen molar-refractivity contribution < 1.29 is 41.4 Å². The van der Waals surface area contributed by atoms with Crippen LogP contribution in [0.4, 0.5) is 0 Å². The Morgan fingerprint density at radius 2 is 1.27 bits per heavy atom. The number of hydrogen-bond acceptors (Lipinski definition) is 4. The van der Waals surface area contributed by atoms with Crippen LogP contribution in [-0.2, 0) is 31.2 Å². The van der Waals surface area contributed by atoms with Crippen LogP contribution in [-0.4, -0.2) is 47.8 Å². The van der Waals surface area contributed by atoms with E-state index in [9.17, 15) is 0 Å². The molecule has 0 aromatic rings. The van der Waals surface area contributed by atoms with E-state index >= 15 is 0 Å². The van der Waals surface area contributed by atoms with E-state index in [0.29, 0.717) is 0 Å². The van der Waals surface area contributed by atoms with Crippen LogP contribution in [0.2, 0.25) is 0 Å². The molecule has 4 atom stereocenters. The predicted octanol–water partition coefficient (Wildman–Crippen LogP) is -1.50. The molecule has 0 amide bonds. The molecule has 0 spiro atoms. The first-order chi connectivity index (χ1) is 4.79. The smallest absolute Gasteiger partial charge is 0.114 e. The second-order valence-corrected chi connectivity index (χ2v) is 2.73. The molecule has 0 saturated carbocycles. The number of rotatable bonds is 0. The number of aliphatic hydroxyl groups excluding tert-OH is 2. The van der Waals surface area contributed by atoms with Gasteiger partial charge in [-0.2, -0.15) is 0 Å². The summed E-state index contributed by atoms with van der Waals surface area (Å²) in [6.07, 6.45) is -1.70. The van der Waals surface area contributed by atoms with Crippen molar-refractivity contribution in [2.45, 2.75) is 24.4 Å². The van der Waals surface area contributed by atoms with Crippen LogP contribution < -0.4 is 0 Å². The predicted molar refractivity (Wildman–Crippen MR) is 31.5 cm³/mol. The molecule has 2 fully saturated rings. The standard InChI is InChI=1S/C6H10O4.Ti/c7-3-1-9-6-4(8)2-10-5(3)6;/h3-8H,1-2H2;/t3-,4+,5-,6-;/m1./s1. The van der Waals surface area contributed by atoms with Crippen molar-refractivity contribution in [2.75, 3.05) is 13.2 Å². The summed E-state index contributed by atoms with van der Waals surface area (Å²) in [5.41, 5.74) is 0. The van der Waals surface area contributed by atoms with Gasteiger partial charge < -0.3 is 19.7 Å². The van der Waals surface area contributed by atoms with Gasteiger partial charge in [0.25, 0.3) is 0 Å². The third-order valence-electron chi connectivity index (χ3n) is 2.00. The van der Waals surface area contributed by atoms with Gasteiger partial charge in [0, 0.05) is 21.7 Å². The van der Waals surface area contributed by atoms with Crippen molar-refractivity contribution in [3.63, 3.8) is 0 Å². The number of ether oxygens (including phenoxy) is 2. The van der Waals surface area contributed by atoms with E-state index in [2.05, 4.69) is 0 Å². The second-order valence-electron chi connectivity index (χ2n) is 2.73. The molecule has 2 heterocycles. The molecule has 62 valence electrons. The first-order valence-corrected chi connectivity index (χ1v) is 3.38. The molecule has 0 bridgehead atoms. The molecule has 2 aliphatic heterocycles. The minimum Gasteiger partial charge on any atom is -0.388 e. The van der Waals surface area contributed by atoms with Crippen molar-refractivity contribution in [1.82, 2.24) is 0 Å². The van der Waals surface area contributed by atoms with E-state index in [1.54, 1.807) is 0 Å². The summed E-state index contributed by atoms with van der Waals surface area (Å²) in [5.74, 6) is 0. The van der Waals surface area contributed by atoms with Gasteiger partial charge in [0.2, 0.25) is 0 Å². The normalized spacial score (nSPS) is 48.5. The van der Waals surface area contributed by atoms with Crippen molar-refractivity contribution in [3.05, 3.63) is 0 Å². The molecular weight excluding hydrogens is 184 g/mol. The van der Waals surface area contributed by atoms with Crippen molar-refractivity contribution in [1.29, 1.82) is 0 Å². The van der Waals surface area contributed by atoms with E-state index in [1.165, 1.54) is 0 Å². The number of hydrogen-bond donors (Lipinski definition) is 2. The number of aliphatic hydroxyl groups is 2. The van der Waals surface area contributed by atoms with Crippen molar-refractivity contribution >= 4 is 0 Å². The van der Waals surface area contributed by atoms with E-state index in [4.69, 9.17) is 19.7 Å². The molecule has 0 radical (unpaired) electrons. The first kappa shape index (κ1) is 9.64. The molecule has 2 aliphatic rings. The van der Waals surface area contributed by atoms with Crippen LogP contribution >= 0.6 is 0 Å². The zero-order valence-electron chi connectivity index (χ0n) is 5.93. The van der Waals surface area contributed by atoms with Crippen LogP contribution in [0.3, 0.4) is 0 Å². The third-order valence-corrected chi connectivity index (χ3v) is 2.00. The van der Waals surface area contributed by atoms with Gasteiger partial charge in [-0.05, 0) is 0 Å². The molecule has 0 aromatic heterocycles. The van der Waals surface area contributed by atoms with Gasteiger partial charge in [-0.1, -0.05) is 0 Å². The zero-order chi connectivity index (χ0) is 7.14. The van der Waals surface area contributed by atoms with Crippen LogP contribution in [0.1, 0.15) is 0 Å². The Kier molecular flexibility index (Phi) is 3.08. The van der Waals surface area contributed by atoms with E-state index in [-0.39, 0.29) is 47.1 Å². The first-order valence-electron chi connectivity index (χ1n) is 3.38. The summed E-state index contributed by atoms with van der Waals surface area (Å²) in [5, 5.41) is 18.3. The maximum absolute atomic E-state index is 9.16. The van der Waals surface area contributed by atoms with Gasteiger partial charge in [-0.3, -0.25) is 0 Å². The molecule has 4 nitrogen and oxygen atoms in total. The molecule has 2 saturated heterocycles. The maximum atomic E-state index is 9.16. The SMILES string of the molecule is O[C@@H]1CO[C@H]2[C@@H]1OC[C@@H]2O.[Ti]. The van der Waals surface area contributed by atoms with Crippen LogP contribution in [0.25, 0.3) is 0 Å². The van der Waals surface area contributed by atoms with E-state index in [1.807, 2.05) is 0 Å². The minimum absolute atomic E-state index is 0. The minimum atomic E-state index is -0.554. The molecule has 5 heteroatoms. The molecule has 0 aliphatic carbocycles. The third kappa shape index (κ3) is 1.52. The zero-order valence-corrected chi connectivity index (χ0v) is 7.50. The molecule has 11 heavy (non-hydrogen) atoms. The topological polar surface area (TPSA) is 58.9 Å². The maximum Gasteiger partial charge on any atom is 0.114 e. The monoisotopic (exact) mass is 194 g/mol. The van der Waals surface area contributed by atoms with Crippen molar-refractivity contribution in [2.24, 2.45) is 0 Å². The average molecular weight is 194 g/mol. The fourth-order valence-corrected chi connectivity index (χ4v) is 1.46.